The Morgan fingerprint density at radius 3 is 2.56 bits per heavy atom. The van der Waals surface area contributed by atoms with Crippen LogP contribution in [-0.4, -0.2) is 32.2 Å². The van der Waals surface area contributed by atoms with Gasteiger partial charge in [0, 0.05) is 30.0 Å². The number of methoxy groups -OCH3 is 1. The van der Waals surface area contributed by atoms with Gasteiger partial charge in [0.15, 0.2) is 0 Å². The summed E-state index contributed by atoms with van der Waals surface area (Å²) in [6.45, 7) is 0.689. The van der Waals surface area contributed by atoms with Crippen LogP contribution in [0.1, 0.15) is 23.4 Å². The predicted octanol–water partition coefficient (Wildman–Crippen LogP) is 4.00. The standard InChI is InChI=1S/C27H24ClN5O3/c1-36-23-9-5-2-6-19(23)16-29-25(34)15-14-24-30-31-27-32(17-18-10-12-20(28)13-11-18)26(35)21-7-3-4-8-22(21)33(24)27/h2-13H,14-17H2,1H3,(H,29,34). The van der Waals surface area contributed by atoms with Crippen molar-refractivity contribution in [1.82, 2.24) is 24.5 Å². The summed E-state index contributed by atoms with van der Waals surface area (Å²) in [6.07, 6.45) is 0.586. The van der Waals surface area contributed by atoms with Crippen molar-refractivity contribution in [2.75, 3.05) is 7.11 Å². The summed E-state index contributed by atoms with van der Waals surface area (Å²) in [5, 5.41) is 12.8. The van der Waals surface area contributed by atoms with E-state index < -0.39 is 0 Å². The van der Waals surface area contributed by atoms with Crippen LogP contribution in [0.3, 0.4) is 0 Å². The van der Waals surface area contributed by atoms with E-state index in [-0.39, 0.29) is 17.9 Å². The normalized spacial score (nSPS) is 11.2. The number of aryl methyl sites for hydroxylation is 1. The Bertz CT molecular complexity index is 1610. The summed E-state index contributed by atoms with van der Waals surface area (Å²) in [5.74, 6) is 1.65. The molecule has 2 heterocycles. The number of hydrogen-bond acceptors (Lipinski definition) is 5. The molecule has 0 aliphatic carbocycles. The molecule has 1 amide bonds. The number of nitrogens with one attached hydrogen (secondary N) is 1. The van der Waals surface area contributed by atoms with Gasteiger partial charge in [-0.2, -0.15) is 0 Å². The molecule has 5 rings (SSSR count). The highest BCUT2D eigenvalue weighted by molar-refractivity contribution is 6.30. The van der Waals surface area contributed by atoms with E-state index in [1.165, 1.54) is 0 Å². The zero-order valence-electron chi connectivity index (χ0n) is 19.6. The molecule has 5 aromatic rings. The number of ether oxygens (including phenoxy) is 1. The summed E-state index contributed by atoms with van der Waals surface area (Å²) in [4.78, 5) is 26.0. The summed E-state index contributed by atoms with van der Waals surface area (Å²) in [5.41, 5.74) is 2.37. The van der Waals surface area contributed by atoms with E-state index in [2.05, 4.69) is 15.5 Å². The van der Waals surface area contributed by atoms with Crippen molar-refractivity contribution in [3.05, 3.63) is 105 Å². The molecule has 0 spiro atoms. The molecular formula is C27H24ClN5O3. The third-order valence-electron chi connectivity index (χ3n) is 6.07. The highest BCUT2D eigenvalue weighted by Gasteiger charge is 2.17. The summed E-state index contributed by atoms with van der Waals surface area (Å²) in [6, 6.07) is 22.3. The summed E-state index contributed by atoms with van der Waals surface area (Å²) < 4.78 is 8.81. The summed E-state index contributed by atoms with van der Waals surface area (Å²) in [7, 11) is 1.61. The van der Waals surface area contributed by atoms with Crippen molar-refractivity contribution in [3.8, 4) is 5.75 Å². The van der Waals surface area contributed by atoms with Crippen LogP contribution in [0.4, 0.5) is 0 Å². The number of rotatable bonds is 8. The Kier molecular flexibility index (Phi) is 6.69. The lowest BCUT2D eigenvalue weighted by Crippen LogP contribution is -2.25. The fourth-order valence-corrected chi connectivity index (χ4v) is 4.37. The molecule has 2 aromatic heterocycles. The van der Waals surface area contributed by atoms with Crippen molar-refractivity contribution >= 4 is 34.2 Å². The van der Waals surface area contributed by atoms with E-state index in [0.29, 0.717) is 47.0 Å². The highest BCUT2D eigenvalue weighted by atomic mass is 35.5. The third kappa shape index (κ3) is 4.67. The largest absolute Gasteiger partial charge is 0.496 e. The summed E-state index contributed by atoms with van der Waals surface area (Å²) >= 11 is 6.02. The number of carbonyl (C=O) groups is 1. The van der Waals surface area contributed by atoms with Crippen molar-refractivity contribution < 1.29 is 9.53 Å². The molecule has 1 N–H and O–H groups in total. The number of carbonyl (C=O) groups excluding carboxylic acids is 1. The van der Waals surface area contributed by atoms with E-state index in [1.54, 1.807) is 29.9 Å². The van der Waals surface area contributed by atoms with Gasteiger partial charge in [0.1, 0.15) is 11.6 Å². The first-order chi connectivity index (χ1) is 17.5. The number of benzene rings is 3. The van der Waals surface area contributed by atoms with Crippen molar-refractivity contribution in [1.29, 1.82) is 0 Å². The Balaban J connectivity index is 1.42. The maximum absolute atomic E-state index is 13.3. The van der Waals surface area contributed by atoms with Crippen LogP contribution in [-0.2, 0) is 24.3 Å². The molecule has 9 heteroatoms. The molecule has 0 saturated heterocycles. The first-order valence-electron chi connectivity index (χ1n) is 11.5. The number of halogens is 1. The second kappa shape index (κ2) is 10.2. The van der Waals surface area contributed by atoms with E-state index in [9.17, 15) is 9.59 Å². The molecule has 36 heavy (non-hydrogen) atoms. The molecule has 0 fully saturated rings. The van der Waals surface area contributed by atoms with Crippen molar-refractivity contribution in [3.63, 3.8) is 0 Å². The lowest BCUT2D eigenvalue weighted by Gasteiger charge is -2.12. The first-order valence-corrected chi connectivity index (χ1v) is 11.9. The lowest BCUT2D eigenvalue weighted by molar-refractivity contribution is -0.121. The van der Waals surface area contributed by atoms with Gasteiger partial charge in [-0.25, -0.2) is 0 Å². The molecule has 3 aromatic carbocycles. The molecule has 182 valence electrons. The van der Waals surface area contributed by atoms with E-state index in [4.69, 9.17) is 16.3 Å². The smallest absolute Gasteiger partial charge is 0.263 e. The molecule has 0 radical (unpaired) electrons. The maximum Gasteiger partial charge on any atom is 0.263 e. The number of amides is 1. The first kappa shape index (κ1) is 23.6. The van der Waals surface area contributed by atoms with E-state index in [0.717, 1.165) is 16.9 Å². The van der Waals surface area contributed by atoms with Crippen LogP contribution in [0.15, 0.2) is 77.6 Å². The second-order valence-corrected chi connectivity index (χ2v) is 8.81. The maximum atomic E-state index is 13.3. The number of aromatic nitrogens is 4. The van der Waals surface area contributed by atoms with Gasteiger partial charge in [-0.05, 0) is 35.9 Å². The molecule has 0 saturated carbocycles. The molecule has 0 atom stereocenters. The van der Waals surface area contributed by atoms with Crippen molar-refractivity contribution in [2.24, 2.45) is 0 Å². The quantitative estimate of drug-likeness (QED) is 0.347. The van der Waals surface area contributed by atoms with Crippen LogP contribution in [0.5, 0.6) is 5.75 Å². The minimum Gasteiger partial charge on any atom is -0.496 e. The Morgan fingerprint density at radius 1 is 1.00 bits per heavy atom. The van der Waals surface area contributed by atoms with Gasteiger partial charge in [-0.3, -0.25) is 18.6 Å². The Hall–Kier alpha value is -4.17. The predicted molar refractivity (Wildman–Crippen MR) is 138 cm³/mol. The lowest BCUT2D eigenvalue weighted by atomic mass is 10.2. The van der Waals surface area contributed by atoms with Gasteiger partial charge in [0.05, 0.1) is 24.6 Å². The molecule has 8 nitrogen and oxygen atoms in total. The number of nitrogens with zero attached hydrogens (tertiary/aromatic N) is 4. The van der Waals surface area contributed by atoms with Gasteiger partial charge in [-0.1, -0.05) is 54.1 Å². The van der Waals surface area contributed by atoms with E-state index >= 15 is 0 Å². The average Bonchev–Trinajstić information content (AvgIpc) is 3.34. The van der Waals surface area contributed by atoms with Crippen LogP contribution >= 0.6 is 11.6 Å². The zero-order valence-corrected chi connectivity index (χ0v) is 20.4. The highest BCUT2D eigenvalue weighted by Crippen LogP contribution is 2.19. The fraction of sp³-hybridized carbons (Fsp3) is 0.185. The van der Waals surface area contributed by atoms with Crippen LogP contribution in [0.2, 0.25) is 5.02 Å². The van der Waals surface area contributed by atoms with Crippen LogP contribution < -0.4 is 15.6 Å². The number of para-hydroxylation sites is 2. The van der Waals surface area contributed by atoms with Gasteiger partial charge >= 0.3 is 0 Å². The number of fused-ring (bicyclic) bond motifs is 3. The monoisotopic (exact) mass is 501 g/mol. The van der Waals surface area contributed by atoms with E-state index in [1.807, 2.05) is 59.0 Å². The van der Waals surface area contributed by atoms with Gasteiger partial charge in [0.25, 0.3) is 5.56 Å². The minimum absolute atomic E-state index is 0.114. The Labute approximate surface area is 212 Å². The molecule has 0 unspecified atom stereocenters. The SMILES string of the molecule is COc1ccccc1CNC(=O)CCc1nnc2n(Cc3ccc(Cl)cc3)c(=O)c3ccccc3n12. The number of hydrogen-bond donors (Lipinski definition) is 1. The molecule has 0 aliphatic rings. The molecule has 0 aliphatic heterocycles. The zero-order chi connectivity index (χ0) is 25.1. The van der Waals surface area contributed by atoms with Gasteiger partial charge in [0.2, 0.25) is 11.7 Å². The topological polar surface area (TPSA) is 90.5 Å². The third-order valence-corrected chi connectivity index (χ3v) is 6.33. The molecular weight excluding hydrogens is 478 g/mol. The minimum atomic E-state index is -0.151. The average molecular weight is 502 g/mol. The van der Waals surface area contributed by atoms with Crippen LogP contribution in [0.25, 0.3) is 16.7 Å². The van der Waals surface area contributed by atoms with Gasteiger partial charge < -0.3 is 10.1 Å². The second-order valence-electron chi connectivity index (χ2n) is 8.38. The molecule has 0 bridgehead atoms. The van der Waals surface area contributed by atoms with Crippen LogP contribution in [0, 0.1) is 0 Å². The van der Waals surface area contributed by atoms with Crippen molar-refractivity contribution in [2.45, 2.75) is 25.9 Å². The van der Waals surface area contributed by atoms with Gasteiger partial charge in [-0.15, -0.1) is 10.2 Å². The fourth-order valence-electron chi connectivity index (χ4n) is 4.25. The Morgan fingerprint density at radius 2 is 1.75 bits per heavy atom.